The van der Waals surface area contributed by atoms with E-state index in [1.807, 2.05) is 6.07 Å². The van der Waals surface area contributed by atoms with Crippen molar-refractivity contribution in [2.75, 3.05) is 7.11 Å². The van der Waals surface area contributed by atoms with Crippen molar-refractivity contribution in [3.8, 4) is 5.75 Å². The highest BCUT2D eigenvalue weighted by Crippen LogP contribution is 2.23. The van der Waals surface area contributed by atoms with Gasteiger partial charge in [-0.05, 0) is 36.6 Å². The van der Waals surface area contributed by atoms with Crippen molar-refractivity contribution in [3.63, 3.8) is 0 Å². The first kappa shape index (κ1) is 12.1. The Kier molecular flexibility index (Phi) is 4.15. The van der Waals surface area contributed by atoms with Crippen molar-refractivity contribution in [1.82, 2.24) is 5.32 Å². The second kappa shape index (κ2) is 5.17. The fraction of sp³-hybridized carbons (Fsp3) is 0.538. The number of hydrogen-bond donors (Lipinski definition) is 1. The van der Waals surface area contributed by atoms with Crippen LogP contribution in [0.2, 0.25) is 0 Å². The van der Waals surface area contributed by atoms with Gasteiger partial charge in [0.25, 0.3) is 0 Å². The first-order valence-corrected chi connectivity index (χ1v) is 5.42. The maximum absolute atomic E-state index is 5.29. The molecule has 0 amide bonds. The molecule has 2 heteroatoms. The van der Waals surface area contributed by atoms with E-state index in [1.54, 1.807) is 7.11 Å². The van der Waals surface area contributed by atoms with Gasteiger partial charge in [-0.25, -0.2) is 0 Å². The van der Waals surface area contributed by atoms with Gasteiger partial charge in [0.1, 0.15) is 5.75 Å². The molecule has 1 N–H and O–H groups in total. The van der Waals surface area contributed by atoms with Crippen molar-refractivity contribution in [2.45, 2.75) is 40.3 Å². The summed E-state index contributed by atoms with van der Waals surface area (Å²) >= 11 is 0. The highest BCUT2D eigenvalue weighted by atomic mass is 16.5. The quantitative estimate of drug-likeness (QED) is 0.819. The summed E-state index contributed by atoms with van der Waals surface area (Å²) in [5.74, 6) is 0.973. The molecule has 0 radical (unpaired) electrons. The molecule has 0 aliphatic rings. The summed E-state index contributed by atoms with van der Waals surface area (Å²) in [7, 11) is 1.72. The number of benzene rings is 1. The molecule has 0 unspecified atom stereocenters. The van der Waals surface area contributed by atoms with E-state index in [9.17, 15) is 0 Å². The maximum Gasteiger partial charge on any atom is 0.122 e. The molecule has 15 heavy (non-hydrogen) atoms. The van der Waals surface area contributed by atoms with Crippen molar-refractivity contribution < 1.29 is 4.74 Å². The zero-order chi connectivity index (χ0) is 11.4. The first-order chi connectivity index (χ1) is 7.06. The van der Waals surface area contributed by atoms with Gasteiger partial charge in [-0.1, -0.05) is 19.9 Å². The van der Waals surface area contributed by atoms with E-state index in [2.05, 4.69) is 39.1 Å². The molecule has 1 aromatic carbocycles. The molecule has 0 spiro atoms. The summed E-state index contributed by atoms with van der Waals surface area (Å²) in [6.07, 6.45) is 0. The van der Waals surface area contributed by atoms with Crippen molar-refractivity contribution in [2.24, 2.45) is 0 Å². The smallest absolute Gasteiger partial charge is 0.122 e. The molecular formula is C13H21NO. The Balaban J connectivity index is 2.87. The average molecular weight is 207 g/mol. The van der Waals surface area contributed by atoms with E-state index in [4.69, 9.17) is 4.74 Å². The summed E-state index contributed by atoms with van der Waals surface area (Å²) < 4.78 is 5.29. The molecule has 0 aliphatic carbocycles. The number of ether oxygens (including phenoxy) is 1. The van der Waals surface area contributed by atoms with Gasteiger partial charge in [0, 0.05) is 12.6 Å². The van der Waals surface area contributed by atoms with Gasteiger partial charge in [-0.2, -0.15) is 0 Å². The van der Waals surface area contributed by atoms with Crippen LogP contribution in [0, 0.1) is 13.8 Å². The molecule has 0 heterocycles. The topological polar surface area (TPSA) is 21.3 Å². The van der Waals surface area contributed by atoms with Crippen LogP contribution in [0.5, 0.6) is 5.75 Å². The van der Waals surface area contributed by atoms with Crippen LogP contribution in [0.25, 0.3) is 0 Å². The summed E-state index contributed by atoms with van der Waals surface area (Å²) in [5.41, 5.74) is 3.91. The molecule has 0 bridgehead atoms. The lowest BCUT2D eigenvalue weighted by atomic mass is 10.0. The van der Waals surface area contributed by atoms with Crippen LogP contribution in [-0.2, 0) is 6.54 Å². The average Bonchev–Trinajstić information content (AvgIpc) is 2.20. The SMILES string of the molecule is COc1ccc(CNC(C)C)c(C)c1C. The van der Waals surface area contributed by atoms with E-state index in [0.29, 0.717) is 6.04 Å². The lowest BCUT2D eigenvalue weighted by Gasteiger charge is -2.14. The Hall–Kier alpha value is -1.02. The molecule has 84 valence electrons. The van der Waals surface area contributed by atoms with Crippen LogP contribution in [0.1, 0.15) is 30.5 Å². The largest absolute Gasteiger partial charge is 0.496 e. The standard InChI is InChI=1S/C13H21NO/c1-9(2)14-8-12-6-7-13(15-5)11(4)10(12)3/h6-7,9,14H,8H2,1-5H3. The summed E-state index contributed by atoms with van der Waals surface area (Å²) in [6, 6.07) is 4.70. The predicted molar refractivity (Wildman–Crippen MR) is 64.4 cm³/mol. The van der Waals surface area contributed by atoms with Gasteiger partial charge in [0.05, 0.1) is 7.11 Å². The molecule has 1 aromatic rings. The summed E-state index contributed by atoms with van der Waals surface area (Å²) in [5, 5.41) is 3.43. The third-order valence-electron chi connectivity index (χ3n) is 2.77. The zero-order valence-corrected chi connectivity index (χ0v) is 10.3. The van der Waals surface area contributed by atoms with Crippen molar-refractivity contribution in [1.29, 1.82) is 0 Å². The second-order valence-electron chi connectivity index (χ2n) is 4.21. The second-order valence-corrected chi connectivity index (χ2v) is 4.21. The minimum atomic E-state index is 0.520. The first-order valence-electron chi connectivity index (χ1n) is 5.42. The van der Waals surface area contributed by atoms with E-state index < -0.39 is 0 Å². The van der Waals surface area contributed by atoms with Gasteiger partial charge < -0.3 is 10.1 Å². The third kappa shape index (κ3) is 2.96. The summed E-state index contributed by atoms with van der Waals surface area (Å²) in [6.45, 7) is 9.49. The summed E-state index contributed by atoms with van der Waals surface area (Å²) in [4.78, 5) is 0. The predicted octanol–water partition coefficient (Wildman–Crippen LogP) is 2.81. The Morgan fingerprint density at radius 1 is 1.20 bits per heavy atom. The van der Waals surface area contributed by atoms with Crippen LogP contribution >= 0.6 is 0 Å². The molecule has 0 aliphatic heterocycles. The van der Waals surface area contributed by atoms with Crippen molar-refractivity contribution in [3.05, 3.63) is 28.8 Å². The number of nitrogens with one attached hydrogen (secondary N) is 1. The molecule has 0 saturated heterocycles. The van der Waals surface area contributed by atoms with Crippen LogP contribution in [0.15, 0.2) is 12.1 Å². The highest BCUT2D eigenvalue weighted by molar-refractivity contribution is 5.43. The van der Waals surface area contributed by atoms with E-state index in [0.717, 1.165) is 12.3 Å². The third-order valence-corrected chi connectivity index (χ3v) is 2.77. The number of hydrogen-bond acceptors (Lipinski definition) is 2. The Bertz CT molecular complexity index is 332. The fourth-order valence-electron chi connectivity index (χ4n) is 1.58. The minimum absolute atomic E-state index is 0.520. The van der Waals surface area contributed by atoms with Crippen LogP contribution in [0.3, 0.4) is 0 Å². The normalized spacial score (nSPS) is 10.8. The zero-order valence-electron chi connectivity index (χ0n) is 10.3. The molecule has 2 nitrogen and oxygen atoms in total. The fourth-order valence-corrected chi connectivity index (χ4v) is 1.58. The van der Waals surface area contributed by atoms with Gasteiger partial charge in [0.2, 0.25) is 0 Å². The highest BCUT2D eigenvalue weighted by Gasteiger charge is 2.06. The Morgan fingerprint density at radius 3 is 2.40 bits per heavy atom. The number of rotatable bonds is 4. The van der Waals surface area contributed by atoms with Gasteiger partial charge in [0.15, 0.2) is 0 Å². The van der Waals surface area contributed by atoms with Crippen LogP contribution in [-0.4, -0.2) is 13.2 Å². The van der Waals surface area contributed by atoms with E-state index >= 15 is 0 Å². The minimum Gasteiger partial charge on any atom is -0.496 e. The maximum atomic E-state index is 5.29. The molecular weight excluding hydrogens is 186 g/mol. The van der Waals surface area contributed by atoms with Gasteiger partial charge in [-0.15, -0.1) is 0 Å². The van der Waals surface area contributed by atoms with Crippen LogP contribution < -0.4 is 10.1 Å². The lowest BCUT2D eigenvalue weighted by Crippen LogP contribution is -2.22. The molecule has 0 atom stereocenters. The van der Waals surface area contributed by atoms with Gasteiger partial charge >= 0.3 is 0 Å². The molecule has 0 saturated carbocycles. The molecule has 0 fully saturated rings. The Labute approximate surface area is 92.6 Å². The number of methoxy groups -OCH3 is 1. The monoisotopic (exact) mass is 207 g/mol. The van der Waals surface area contributed by atoms with E-state index in [-0.39, 0.29) is 0 Å². The van der Waals surface area contributed by atoms with E-state index in [1.165, 1.54) is 16.7 Å². The van der Waals surface area contributed by atoms with Gasteiger partial charge in [-0.3, -0.25) is 0 Å². The molecule has 1 rings (SSSR count). The Morgan fingerprint density at radius 2 is 1.87 bits per heavy atom. The molecule has 0 aromatic heterocycles. The lowest BCUT2D eigenvalue weighted by molar-refractivity contribution is 0.411. The van der Waals surface area contributed by atoms with Crippen molar-refractivity contribution >= 4 is 0 Å². The van der Waals surface area contributed by atoms with Crippen LogP contribution in [0.4, 0.5) is 0 Å².